The van der Waals surface area contributed by atoms with E-state index in [4.69, 9.17) is 0 Å². The molecule has 7 nitrogen and oxygen atoms in total. The van der Waals surface area contributed by atoms with Crippen LogP contribution in [-0.2, 0) is 16.1 Å². The van der Waals surface area contributed by atoms with Gasteiger partial charge in [0.05, 0.1) is 0 Å². The number of nitrogens with zero attached hydrogens (tertiary/aromatic N) is 3. The molecule has 0 bridgehead atoms. The highest BCUT2D eigenvalue weighted by Gasteiger charge is 2.40. The average molecular weight is 441 g/mol. The molecule has 32 heavy (non-hydrogen) atoms. The third-order valence-corrected chi connectivity index (χ3v) is 6.97. The Kier molecular flexibility index (Phi) is 7.79. The largest absolute Gasteiger partial charge is 0.352 e. The van der Waals surface area contributed by atoms with E-state index in [9.17, 15) is 14.4 Å². The summed E-state index contributed by atoms with van der Waals surface area (Å²) in [5.41, 5.74) is 1.57. The second-order valence-electron chi connectivity index (χ2n) is 9.36. The van der Waals surface area contributed by atoms with Crippen molar-refractivity contribution in [3.8, 4) is 0 Å². The maximum Gasteiger partial charge on any atom is 0.251 e. The molecule has 3 aliphatic rings. The minimum atomic E-state index is -0.288. The summed E-state index contributed by atoms with van der Waals surface area (Å²) in [6.45, 7) is 5.34. The predicted octanol–water partition coefficient (Wildman–Crippen LogP) is 2.41. The Labute approximate surface area is 191 Å². The van der Waals surface area contributed by atoms with Crippen LogP contribution in [0.2, 0.25) is 0 Å². The predicted molar refractivity (Wildman–Crippen MR) is 123 cm³/mol. The maximum atomic E-state index is 12.8. The van der Waals surface area contributed by atoms with Crippen molar-refractivity contribution in [2.45, 2.75) is 64.0 Å². The van der Waals surface area contributed by atoms with Gasteiger partial charge in [0, 0.05) is 25.2 Å². The van der Waals surface area contributed by atoms with Crippen LogP contribution < -0.4 is 5.32 Å². The van der Waals surface area contributed by atoms with Crippen LogP contribution in [0.1, 0.15) is 67.3 Å². The summed E-state index contributed by atoms with van der Waals surface area (Å²) in [4.78, 5) is 43.7. The van der Waals surface area contributed by atoms with Gasteiger partial charge in [-0.3, -0.25) is 14.4 Å². The van der Waals surface area contributed by atoms with Gasteiger partial charge in [-0.1, -0.05) is 25.0 Å². The first-order valence-electron chi connectivity index (χ1n) is 12.3. The Bertz CT molecular complexity index is 802. The number of hydrogen-bond acceptors (Lipinski definition) is 4. The first-order valence-corrected chi connectivity index (χ1v) is 12.3. The van der Waals surface area contributed by atoms with Crippen LogP contribution in [0.4, 0.5) is 0 Å². The standard InChI is InChI=1S/C25H36N4O3/c30-23-19-28(25(32)22-8-3-6-17-29(22)23)18-20-9-11-21(12-10-20)24(31)26-13-7-16-27-14-4-1-2-5-15-27/h9-12,22H,1-8,13-19H2,(H,26,31)/t22-/m1/s1. The molecular weight excluding hydrogens is 404 g/mol. The zero-order chi connectivity index (χ0) is 22.3. The van der Waals surface area contributed by atoms with Crippen molar-refractivity contribution in [3.05, 3.63) is 35.4 Å². The second kappa shape index (κ2) is 10.9. The molecule has 1 atom stereocenters. The fourth-order valence-electron chi connectivity index (χ4n) is 5.11. The van der Waals surface area contributed by atoms with E-state index in [1.807, 2.05) is 24.3 Å². The molecule has 3 amide bonds. The van der Waals surface area contributed by atoms with Crippen molar-refractivity contribution in [2.24, 2.45) is 0 Å². The van der Waals surface area contributed by atoms with Crippen LogP contribution in [0.5, 0.6) is 0 Å². The zero-order valence-electron chi connectivity index (χ0n) is 19.1. The van der Waals surface area contributed by atoms with Crippen molar-refractivity contribution in [2.75, 3.05) is 39.3 Å². The van der Waals surface area contributed by atoms with Gasteiger partial charge in [-0.25, -0.2) is 0 Å². The number of carbonyl (C=O) groups excluding carboxylic acids is 3. The number of fused-ring (bicyclic) bond motifs is 1. The van der Waals surface area contributed by atoms with Gasteiger partial charge in [-0.2, -0.15) is 0 Å². The van der Waals surface area contributed by atoms with Crippen LogP contribution >= 0.6 is 0 Å². The van der Waals surface area contributed by atoms with E-state index >= 15 is 0 Å². The van der Waals surface area contributed by atoms with Crippen LogP contribution in [0.25, 0.3) is 0 Å². The summed E-state index contributed by atoms with van der Waals surface area (Å²) in [5, 5.41) is 3.02. The molecule has 0 unspecified atom stereocenters. The number of nitrogens with one attached hydrogen (secondary N) is 1. The number of amides is 3. The van der Waals surface area contributed by atoms with Crippen LogP contribution in [0, 0.1) is 0 Å². The highest BCUT2D eigenvalue weighted by atomic mass is 16.2. The smallest absolute Gasteiger partial charge is 0.251 e. The van der Waals surface area contributed by atoms with E-state index in [1.54, 1.807) is 9.80 Å². The molecule has 3 heterocycles. The van der Waals surface area contributed by atoms with E-state index in [1.165, 1.54) is 38.8 Å². The summed E-state index contributed by atoms with van der Waals surface area (Å²) < 4.78 is 0. The highest BCUT2D eigenvalue weighted by Crippen LogP contribution is 2.24. The fourth-order valence-corrected chi connectivity index (χ4v) is 5.11. The van der Waals surface area contributed by atoms with Crippen molar-refractivity contribution in [1.29, 1.82) is 0 Å². The Balaban J connectivity index is 1.23. The van der Waals surface area contributed by atoms with Crippen LogP contribution in [0.15, 0.2) is 24.3 Å². The molecule has 1 N–H and O–H groups in total. The molecule has 3 saturated heterocycles. The zero-order valence-corrected chi connectivity index (χ0v) is 19.1. The van der Waals surface area contributed by atoms with E-state index in [2.05, 4.69) is 10.2 Å². The molecule has 4 rings (SSSR count). The molecule has 1 aromatic rings. The molecule has 3 aliphatic heterocycles. The minimum absolute atomic E-state index is 0.0467. The summed E-state index contributed by atoms with van der Waals surface area (Å²) in [6.07, 6.45) is 8.96. The normalized spacial score (nSPS) is 22.4. The number of benzene rings is 1. The lowest BCUT2D eigenvalue weighted by Crippen LogP contribution is -2.60. The average Bonchev–Trinajstić information content (AvgIpc) is 3.09. The summed E-state index contributed by atoms with van der Waals surface area (Å²) in [6, 6.07) is 7.10. The molecule has 1 aromatic carbocycles. The van der Waals surface area contributed by atoms with Gasteiger partial charge < -0.3 is 20.0 Å². The Hall–Kier alpha value is -2.41. The van der Waals surface area contributed by atoms with Crippen molar-refractivity contribution in [1.82, 2.24) is 20.0 Å². The molecule has 0 aromatic heterocycles. The number of carbonyl (C=O) groups is 3. The van der Waals surface area contributed by atoms with Gasteiger partial charge in [-0.15, -0.1) is 0 Å². The number of rotatable bonds is 7. The first kappa shape index (κ1) is 22.8. The molecule has 0 radical (unpaired) electrons. The van der Waals surface area contributed by atoms with Crippen molar-refractivity contribution < 1.29 is 14.4 Å². The summed E-state index contributed by atoms with van der Waals surface area (Å²) >= 11 is 0. The van der Waals surface area contributed by atoms with Crippen LogP contribution in [-0.4, -0.2) is 77.7 Å². The van der Waals surface area contributed by atoms with E-state index in [0.29, 0.717) is 25.2 Å². The number of hydrogen-bond donors (Lipinski definition) is 1. The van der Waals surface area contributed by atoms with E-state index < -0.39 is 0 Å². The quantitative estimate of drug-likeness (QED) is 0.661. The van der Waals surface area contributed by atoms with Gasteiger partial charge in [0.25, 0.3) is 5.91 Å². The molecule has 0 spiro atoms. The fraction of sp³-hybridized carbons (Fsp3) is 0.640. The molecule has 0 aliphatic carbocycles. The van der Waals surface area contributed by atoms with Crippen molar-refractivity contribution >= 4 is 17.7 Å². The van der Waals surface area contributed by atoms with Gasteiger partial charge in [0.1, 0.15) is 12.6 Å². The SMILES string of the molecule is O=C(NCCCN1CCCCCC1)c1ccc(CN2CC(=O)N3CCCC[C@@H]3C2=O)cc1. The lowest BCUT2D eigenvalue weighted by Gasteiger charge is -2.42. The number of likely N-dealkylation sites (tertiary alicyclic amines) is 1. The maximum absolute atomic E-state index is 12.8. The summed E-state index contributed by atoms with van der Waals surface area (Å²) in [7, 11) is 0. The van der Waals surface area contributed by atoms with Gasteiger partial charge in [0.2, 0.25) is 11.8 Å². The van der Waals surface area contributed by atoms with Gasteiger partial charge >= 0.3 is 0 Å². The third-order valence-electron chi connectivity index (χ3n) is 6.97. The summed E-state index contributed by atoms with van der Waals surface area (Å²) in [5.74, 6) is 0.0375. The van der Waals surface area contributed by atoms with E-state index in [-0.39, 0.29) is 30.3 Å². The second-order valence-corrected chi connectivity index (χ2v) is 9.36. The van der Waals surface area contributed by atoms with Crippen LogP contribution in [0.3, 0.4) is 0 Å². The molecular formula is C25H36N4O3. The molecule has 7 heteroatoms. The van der Waals surface area contributed by atoms with Crippen molar-refractivity contribution in [3.63, 3.8) is 0 Å². The number of piperazine rings is 1. The first-order chi connectivity index (χ1) is 15.6. The Morgan fingerprint density at radius 3 is 2.41 bits per heavy atom. The van der Waals surface area contributed by atoms with E-state index in [0.717, 1.165) is 37.8 Å². The molecule has 174 valence electrons. The lowest BCUT2D eigenvalue weighted by atomic mass is 9.98. The lowest BCUT2D eigenvalue weighted by molar-refractivity contribution is -0.158. The Morgan fingerprint density at radius 2 is 1.66 bits per heavy atom. The third kappa shape index (κ3) is 5.68. The highest BCUT2D eigenvalue weighted by molar-refractivity contribution is 5.95. The molecule has 0 saturated carbocycles. The minimum Gasteiger partial charge on any atom is -0.352 e. The van der Waals surface area contributed by atoms with Gasteiger partial charge in [-0.05, 0) is 75.9 Å². The Morgan fingerprint density at radius 1 is 0.938 bits per heavy atom. The number of piperidine rings is 1. The monoisotopic (exact) mass is 440 g/mol. The topological polar surface area (TPSA) is 73.0 Å². The molecule has 3 fully saturated rings. The van der Waals surface area contributed by atoms with Gasteiger partial charge in [0.15, 0.2) is 0 Å².